The molecule has 3 rings (SSSR count). The summed E-state index contributed by atoms with van der Waals surface area (Å²) >= 11 is 6.30. The number of hydrogen-bond acceptors (Lipinski definition) is 2. The Bertz CT molecular complexity index is 639. The van der Waals surface area contributed by atoms with Crippen molar-refractivity contribution in [1.82, 2.24) is 0 Å². The molecular weight excluding hydrogens is 284 g/mol. The molecule has 0 N–H and O–H groups in total. The summed E-state index contributed by atoms with van der Waals surface area (Å²) < 4.78 is 5.46. The van der Waals surface area contributed by atoms with Crippen molar-refractivity contribution < 1.29 is 9.53 Å². The van der Waals surface area contributed by atoms with Crippen molar-refractivity contribution in [1.29, 1.82) is 0 Å². The fraction of sp³-hybridized carbons (Fsp3) is 0.278. The molecular formula is C18H17ClO2. The van der Waals surface area contributed by atoms with Crippen LogP contribution in [0.4, 0.5) is 0 Å². The molecule has 3 heteroatoms. The molecule has 2 aromatic rings. The lowest BCUT2D eigenvalue weighted by molar-refractivity contribution is -0.156. The second-order valence-corrected chi connectivity index (χ2v) is 5.91. The Morgan fingerprint density at radius 3 is 2.43 bits per heavy atom. The van der Waals surface area contributed by atoms with Gasteiger partial charge in [0.05, 0.1) is 12.0 Å². The van der Waals surface area contributed by atoms with Gasteiger partial charge in [0.2, 0.25) is 0 Å². The third kappa shape index (κ3) is 2.81. The van der Waals surface area contributed by atoms with Gasteiger partial charge in [-0.2, -0.15) is 0 Å². The first kappa shape index (κ1) is 14.2. The normalized spacial score (nSPS) is 25.4. The first-order valence-electron chi connectivity index (χ1n) is 7.16. The standard InChI is InChI=1S/C18H17ClO2/c1-12-11-15(13-7-3-2-4-8-13)17(18(20)21-12)14-9-5-6-10-16(14)19/h2-10,12,15,17H,11H2,1H3. The average molecular weight is 301 g/mol. The minimum absolute atomic E-state index is 0.0681. The predicted molar refractivity (Wildman–Crippen MR) is 83.5 cm³/mol. The molecule has 0 bridgehead atoms. The second kappa shape index (κ2) is 5.90. The zero-order valence-corrected chi connectivity index (χ0v) is 12.6. The summed E-state index contributed by atoms with van der Waals surface area (Å²) in [7, 11) is 0. The molecule has 0 radical (unpaired) electrons. The third-order valence-electron chi connectivity index (χ3n) is 4.03. The molecule has 2 nitrogen and oxygen atoms in total. The predicted octanol–water partition coefficient (Wildman–Crippen LogP) is 4.54. The summed E-state index contributed by atoms with van der Waals surface area (Å²) in [6, 6.07) is 17.7. The van der Waals surface area contributed by atoms with Crippen LogP contribution >= 0.6 is 11.6 Å². The minimum Gasteiger partial charge on any atom is -0.462 e. The summed E-state index contributed by atoms with van der Waals surface area (Å²) in [6.07, 6.45) is 0.743. The highest BCUT2D eigenvalue weighted by Crippen LogP contribution is 2.43. The van der Waals surface area contributed by atoms with E-state index in [9.17, 15) is 4.79 Å². The van der Waals surface area contributed by atoms with Crippen molar-refractivity contribution in [2.24, 2.45) is 0 Å². The first-order valence-corrected chi connectivity index (χ1v) is 7.54. The number of carbonyl (C=O) groups is 1. The van der Waals surface area contributed by atoms with E-state index in [0.29, 0.717) is 5.02 Å². The molecule has 0 amide bonds. The number of halogens is 1. The number of benzene rings is 2. The summed E-state index contributed by atoms with van der Waals surface area (Å²) in [5.74, 6) is -0.421. The van der Waals surface area contributed by atoms with Crippen LogP contribution in [0.1, 0.15) is 36.3 Å². The lowest BCUT2D eigenvalue weighted by atomic mass is 9.77. The molecule has 0 aromatic heterocycles. The van der Waals surface area contributed by atoms with Crippen LogP contribution in [0.25, 0.3) is 0 Å². The number of rotatable bonds is 2. The van der Waals surface area contributed by atoms with Crippen LogP contribution in [-0.4, -0.2) is 12.1 Å². The molecule has 2 aromatic carbocycles. The van der Waals surface area contributed by atoms with Crippen LogP contribution < -0.4 is 0 Å². The molecule has 0 aliphatic carbocycles. The van der Waals surface area contributed by atoms with Crippen LogP contribution in [0.3, 0.4) is 0 Å². The van der Waals surface area contributed by atoms with E-state index in [1.165, 1.54) is 0 Å². The van der Waals surface area contributed by atoms with Crippen molar-refractivity contribution in [3.8, 4) is 0 Å². The number of carbonyl (C=O) groups excluding carboxylic acids is 1. The maximum Gasteiger partial charge on any atom is 0.314 e. The molecule has 0 spiro atoms. The number of cyclic esters (lactones) is 1. The SMILES string of the molecule is CC1CC(c2ccccc2)C(c2ccccc2Cl)C(=O)O1. The second-order valence-electron chi connectivity index (χ2n) is 5.50. The summed E-state index contributed by atoms with van der Waals surface area (Å²) in [5.41, 5.74) is 2.01. The Balaban J connectivity index is 2.06. The molecule has 0 saturated carbocycles. The van der Waals surface area contributed by atoms with Gasteiger partial charge in [-0.3, -0.25) is 4.79 Å². The molecule has 3 unspecified atom stereocenters. The largest absolute Gasteiger partial charge is 0.462 e. The zero-order valence-electron chi connectivity index (χ0n) is 11.8. The fourth-order valence-electron chi connectivity index (χ4n) is 3.08. The minimum atomic E-state index is -0.336. The summed E-state index contributed by atoms with van der Waals surface area (Å²) in [6.45, 7) is 1.94. The Hall–Kier alpha value is -1.80. The lowest BCUT2D eigenvalue weighted by Gasteiger charge is -2.34. The quantitative estimate of drug-likeness (QED) is 0.761. The van der Waals surface area contributed by atoms with Gasteiger partial charge in [-0.05, 0) is 30.5 Å². The van der Waals surface area contributed by atoms with E-state index in [0.717, 1.165) is 17.5 Å². The van der Waals surface area contributed by atoms with Gasteiger partial charge < -0.3 is 4.74 Å². The van der Waals surface area contributed by atoms with Gasteiger partial charge >= 0.3 is 5.97 Å². The molecule has 21 heavy (non-hydrogen) atoms. The van der Waals surface area contributed by atoms with Gasteiger partial charge in [-0.25, -0.2) is 0 Å². The van der Waals surface area contributed by atoms with Crippen LogP contribution in [0.2, 0.25) is 5.02 Å². The van der Waals surface area contributed by atoms with Crippen molar-refractivity contribution in [3.05, 3.63) is 70.7 Å². The fourth-order valence-corrected chi connectivity index (χ4v) is 3.33. The number of hydrogen-bond donors (Lipinski definition) is 0. The third-order valence-corrected chi connectivity index (χ3v) is 4.37. The molecule has 3 atom stereocenters. The molecule has 1 heterocycles. The van der Waals surface area contributed by atoms with E-state index in [2.05, 4.69) is 12.1 Å². The van der Waals surface area contributed by atoms with E-state index in [-0.39, 0.29) is 23.9 Å². The number of esters is 1. The highest BCUT2D eigenvalue weighted by Gasteiger charge is 2.39. The lowest BCUT2D eigenvalue weighted by Crippen LogP contribution is -2.34. The molecule has 108 valence electrons. The van der Waals surface area contributed by atoms with E-state index in [1.807, 2.05) is 49.4 Å². The smallest absolute Gasteiger partial charge is 0.314 e. The van der Waals surface area contributed by atoms with E-state index in [1.54, 1.807) is 0 Å². The average Bonchev–Trinajstić information content (AvgIpc) is 2.49. The number of ether oxygens (including phenoxy) is 1. The van der Waals surface area contributed by atoms with Gasteiger partial charge in [0.15, 0.2) is 0 Å². The first-order chi connectivity index (χ1) is 10.2. The van der Waals surface area contributed by atoms with E-state index in [4.69, 9.17) is 16.3 Å². The Morgan fingerprint density at radius 2 is 1.71 bits per heavy atom. The maximum absolute atomic E-state index is 12.5. The van der Waals surface area contributed by atoms with Crippen LogP contribution in [0.15, 0.2) is 54.6 Å². The Kier molecular flexibility index (Phi) is 3.98. The van der Waals surface area contributed by atoms with Crippen molar-refractivity contribution in [3.63, 3.8) is 0 Å². The topological polar surface area (TPSA) is 26.3 Å². The Morgan fingerprint density at radius 1 is 1.05 bits per heavy atom. The van der Waals surface area contributed by atoms with Crippen molar-refractivity contribution in [2.75, 3.05) is 0 Å². The van der Waals surface area contributed by atoms with Crippen molar-refractivity contribution >= 4 is 17.6 Å². The highest BCUT2D eigenvalue weighted by atomic mass is 35.5. The van der Waals surface area contributed by atoms with Crippen molar-refractivity contribution in [2.45, 2.75) is 31.3 Å². The van der Waals surface area contributed by atoms with Gasteiger partial charge in [-0.1, -0.05) is 60.1 Å². The molecule has 1 saturated heterocycles. The van der Waals surface area contributed by atoms with Gasteiger partial charge in [0.1, 0.15) is 0 Å². The Labute approximate surface area is 129 Å². The zero-order chi connectivity index (χ0) is 14.8. The van der Waals surface area contributed by atoms with E-state index < -0.39 is 0 Å². The maximum atomic E-state index is 12.5. The molecule has 1 aliphatic rings. The molecule has 1 aliphatic heterocycles. The van der Waals surface area contributed by atoms with Crippen LogP contribution in [0.5, 0.6) is 0 Å². The highest BCUT2D eigenvalue weighted by molar-refractivity contribution is 6.31. The van der Waals surface area contributed by atoms with Gasteiger partial charge in [0, 0.05) is 10.9 Å². The summed E-state index contributed by atoms with van der Waals surface area (Å²) in [4.78, 5) is 12.5. The van der Waals surface area contributed by atoms with Gasteiger partial charge in [0.25, 0.3) is 0 Å². The van der Waals surface area contributed by atoms with Crippen LogP contribution in [0, 0.1) is 0 Å². The van der Waals surface area contributed by atoms with E-state index >= 15 is 0 Å². The molecule has 1 fully saturated rings. The van der Waals surface area contributed by atoms with Crippen LogP contribution in [-0.2, 0) is 9.53 Å². The van der Waals surface area contributed by atoms with Gasteiger partial charge in [-0.15, -0.1) is 0 Å². The summed E-state index contributed by atoms with van der Waals surface area (Å²) in [5, 5.41) is 0.620. The monoisotopic (exact) mass is 300 g/mol.